The summed E-state index contributed by atoms with van der Waals surface area (Å²) in [7, 11) is 0. The number of rotatable bonds is 7. The van der Waals surface area contributed by atoms with Crippen molar-refractivity contribution in [2.24, 2.45) is 5.92 Å². The van der Waals surface area contributed by atoms with Crippen LogP contribution in [0.5, 0.6) is 0 Å². The second-order valence-electron chi connectivity index (χ2n) is 5.98. The first-order chi connectivity index (χ1) is 10.0. The number of hydrogen-bond donors (Lipinski definition) is 1. The van der Waals surface area contributed by atoms with E-state index < -0.39 is 0 Å². The van der Waals surface area contributed by atoms with Crippen molar-refractivity contribution in [1.29, 1.82) is 0 Å². The Morgan fingerprint density at radius 2 is 2.19 bits per heavy atom. The van der Waals surface area contributed by atoms with Gasteiger partial charge in [-0.2, -0.15) is 0 Å². The molecule has 1 aliphatic heterocycles. The van der Waals surface area contributed by atoms with Gasteiger partial charge in [0.2, 0.25) is 5.91 Å². The molecule has 1 N–H and O–H groups in total. The maximum atomic E-state index is 12.5. The highest BCUT2D eigenvalue weighted by Crippen LogP contribution is 2.30. The molecule has 0 aliphatic carbocycles. The second kappa shape index (κ2) is 7.38. The topological polar surface area (TPSA) is 41.6 Å². The number of nitrogens with zero attached hydrogens (tertiary/aromatic N) is 1. The monoisotopic (exact) mass is 310 g/mol. The summed E-state index contributed by atoms with van der Waals surface area (Å²) in [6.45, 7) is 10.4. The zero-order valence-corrected chi connectivity index (χ0v) is 14.2. The van der Waals surface area contributed by atoms with Gasteiger partial charge in [0, 0.05) is 22.9 Å². The average molecular weight is 310 g/mol. The third-order valence-electron chi connectivity index (χ3n) is 3.62. The highest BCUT2D eigenvalue weighted by Gasteiger charge is 2.38. The molecule has 4 nitrogen and oxygen atoms in total. The molecule has 2 unspecified atom stereocenters. The number of ether oxygens (including phenoxy) is 1. The lowest BCUT2D eigenvalue weighted by atomic mass is 10.2. The Balaban J connectivity index is 2.01. The van der Waals surface area contributed by atoms with Gasteiger partial charge >= 0.3 is 0 Å². The molecule has 118 valence electrons. The van der Waals surface area contributed by atoms with Crippen LogP contribution in [0.25, 0.3) is 0 Å². The van der Waals surface area contributed by atoms with Crippen LogP contribution in [-0.2, 0) is 9.53 Å². The first-order valence-electron chi connectivity index (χ1n) is 7.73. The molecule has 1 aromatic rings. The van der Waals surface area contributed by atoms with Crippen LogP contribution in [0.2, 0.25) is 0 Å². The van der Waals surface area contributed by atoms with Gasteiger partial charge in [0.15, 0.2) is 0 Å². The van der Waals surface area contributed by atoms with E-state index in [1.807, 2.05) is 11.8 Å². The van der Waals surface area contributed by atoms with Crippen molar-refractivity contribution >= 4 is 17.2 Å². The molecule has 1 saturated heterocycles. The fourth-order valence-electron chi connectivity index (χ4n) is 2.53. The molecule has 5 heteroatoms. The average Bonchev–Trinajstić information content (AvgIpc) is 2.99. The molecule has 1 aliphatic rings. The van der Waals surface area contributed by atoms with Gasteiger partial charge in [-0.05, 0) is 31.4 Å². The Hall–Kier alpha value is -0.910. The van der Waals surface area contributed by atoms with Crippen LogP contribution < -0.4 is 5.32 Å². The molecule has 0 aromatic carbocycles. The van der Waals surface area contributed by atoms with Crippen LogP contribution in [0.15, 0.2) is 12.1 Å². The van der Waals surface area contributed by atoms with Crippen LogP contribution in [0.4, 0.5) is 0 Å². The van der Waals surface area contributed by atoms with Crippen molar-refractivity contribution in [3.8, 4) is 0 Å². The fraction of sp³-hybridized carbons (Fsp3) is 0.688. The van der Waals surface area contributed by atoms with Crippen molar-refractivity contribution in [3.05, 3.63) is 21.9 Å². The molecule has 2 atom stereocenters. The number of carbonyl (C=O) groups is 1. The minimum atomic E-state index is -0.0671. The normalized spacial score (nSPS) is 22.5. The Morgan fingerprint density at radius 1 is 1.43 bits per heavy atom. The lowest BCUT2D eigenvalue weighted by Gasteiger charge is -2.23. The van der Waals surface area contributed by atoms with Crippen molar-refractivity contribution in [3.63, 3.8) is 0 Å². The lowest BCUT2D eigenvalue weighted by Crippen LogP contribution is -2.33. The summed E-state index contributed by atoms with van der Waals surface area (Å²) in [4.78, 5) is 16.9. The van der Waals surface area contributed by atoms with Crippen molar-refractivity contribution in [2.45, 2.75) is 46.3 Å². The SMILES string of the molecule is CCC1NC(c2ccc(C)s2)N(CCOCC(C)C)C1=O. The summed E-state index contributed by atoms with van der Waals surface area (Å²) in [6.07, 6.45) is 0.826. The third-order valence-corrected chi connectivity index (χ3v) is 4.67. The largest absolute Gasteiger partial charge is 0.379 e. The van der Waals surface area contributed by atoms with E-state index in [9.17, 15) is 4.79 Å². The molecule has 0 saturated carbocycles. The van der Waals surface area contributed by atoms with Crippen molar-refractivity contribution in [1.82, 2.24) is 10.2 Å². The molecule has 2 rings (SSSR count). The predicted molar refractivity (Wildman–Crippen MR) is 86.4 cm³/mol. The third kappa shape index (κ3) is 4.05. The van der Waals surface area contributed by atoms with Gasteiger partial charge in [0.1, 0.15) is 6.17 Å². The number of amides is 1. The van der Waals surface area contributed by atoms with Gasteiger partial charge in [0.25, 0.3) is 0 Å². The number of nitrogens with one attached hydrogen (secondary N) is 1. The van der Waals surface area contributed by atoms with E-state index in [0.29, 0.717) is 19.1 Å². The first-order valence-corrected chi connectivity index (χ1v) is 8.55. The summed E-state index contributed by atoms with van der Waals surface area (Å²) < 4.78 is 5.65. The second-order valence-corrected chi connectivity index (χ2v) is 7.30. The molecule has 1 amide bonds. The summed E-state index contributed by atoms with van der Waals surface area (Å²) in [5.74, 6) is 0.721. The number of thiophene rings is 1. The van der Waals surface area contributed by atoms with Crippen LogP contribution in [-0.4, -0.2) is 36.6 Å². The highest BCUT2D eigenvalue weighted by molar-refractivity contribution is 7.12. The van der Waals surface area contributed by atoms with Crippen molar-refractivity contribution in [2.75, 3.05) is 19.8 Å². The number of aryl methyl sites for hydroxylation is 1. The highest BCUT2D eigenvalue weighted by atomic mass is 32.1. The van der Waals surface area contributed by atoms with Gasteiger partial charge in [-0.25, -0.2) is 0 Å². The Bertz CT molecular complexity index is 473. The van der Waals surface area contributed by atoms with E-state index in [2.05, 4.69) is 38.2 Å². The Morgan fingerprint density at radius 3 is 2.76 bits per heavy atom. The zero-order chi connectivity index (χ0) is 15.4. The van der Waals surface area contributed by atoms with Crippen LogP contribution in [0.3, 0.4) is 0 Å². The van der Waals surface area contributed by atoms with E-state index >= 15 is 0 Å². The van der Waals surface area contributed by atoms with E-state index in [4.69, 9.17) is 4.74 Å². The summed E-state index contributed by atoms with van der Waals surface area (Å²) in [6, 6.07) is 4.16. The predicted octanol–water partition coefficient (Wildman–Crippen LogP) is 2.94. The van der Waals surface area contributed by atoms with E-state index in [0.717, 1.165) is 13.0 Å². The van der Waals surface area contributed by atoms with Gasteiger partial charge in [0.05, 0.1) is 12.6 Å². The summed E-state index contributed by atoms with van der Waals surface area (Å²) >= 11 is 1.75. The number of hydrogen-bond acceptors (Lipinski definition) is 4. The van der Waals surface area contributed by atoms with Gasteiger partial charge in [-0.3, -0.25) is 10.1 Å². The summed E-state index contributed by atoms with van der Waals surface area (Å²) in [5, 5.41) is 3.45. The van der Waals surface area contributed by atoms with Crippen molar-refractivity contribution < 1.29 is 9.53 Å². The minimum Gasteiger partial charge on any atom is -0.379 e. The smallest absolute Gasteiger partial charge is 0.241 e. The molecule has 21 heavy (non-hydrogen) atoms. The number of carbonyl (C=O) groups excluding carboxylic acids is 1. The quantitative estimate of drug-likeness (QED) is 0.787. The lowest BCUT2D eigenvalue weighted by molar-refractivity contribution is -0.130. The van der Waals surface area contributed by atoms with E-state index in [1.54, 1.807) is 11.3 Å². The van der Waals surface area contributed by atoms with Crippen LogP contribution in [0, 0.1) is 12.8 Å². The molecule has 0 spiro atoms. The van der Waals surface area contributed by atoms with Gasteiger partial charge < -0.3 is 9.64 Å². The summed E-state index contributed by atoms with van der Waals surface area (Å²) in [5.41, 5.74) is 0. The van der Waals surface area contributed by atoms with Crippen LogP contribution >= 0.6 is 11.3 Å². The van der Waals surface area contributed by atoms with E-state index in [-0.39, 0.29) is 18.1 Å². The fourth-order valence-corrected chi connectivity index (χ4v) is 3.48. The molecule has 2 heterocycles. The maximum Gasteiger partial charge on any atom is 0.241 e. The standard InChI is InChI=1S/C16H26N2O2S/c1-5-13-16(19)18(8-9-20-10-11(2)3)15(17-13)14-7-6-12(4)21-14/h6-7,11,13,15,17H,5,8-10H2,1-4H3. The Labute approximate surface area is 131 Å². The van der Waals surface area contributed by atoms with Gasteiger partial charge in [-0.15, -0.1) is 11.3 Å². The van der Waals surface area contributed by atoms with Gasteiger partial charge in [-0.1, -0.05) is 20.8 Å². The molecule has 1 aromatic heterocycles. The molecule has 1 fully saturated rings. The van der Waals surface area contributed by atoms with Crippen LogP contribution in [0.1, 0.15) is 43.1 Å². The minimum absolute atomic E-state index is 0.00352. The Kier molecular flexibility index (Phi) is 5.79. The molecule has 0 bridgehead atoms. The van der Waals surface area contributed by atoms with E-state index in [1.165, 1.54) is 9.75 Å². The first kappa shape index (κ1) is 16.5. The molecule has 0 radical (unpaired) electrons. The maximum absolute atomic E-state index is 12.5. The zero-order valence-electron chi connectivity index (χ0n) is 13.4. The molecular weight excluding hydrogens is 284 g/mol. The molecular formula is C16H26N2O2S.